The summed E-state index contributed by atoms with van der Waals surface area (Å²) in [4.78, 5) is 46.2. The second-order valence-corrected chi connectivity index (χ2v) is 11.9. The lowest BCUT2D eigenvalue weighted by atomic mass is 9.90. The Morgan fingerprint density at radius 1 is 0.977 bits per heavy atom. The molecule has 0 aromatic heterocycles. The van der Waals surface area contributed by atoms with Gasteiger partial charge in [-0.1, -0.05) is 41.4 Å². The molecule has 3 aromatic carbocycles. The van der Waals surface area contributed by atoms with Crippen molar-refractivity contribution in [3.8, 4) is 5.75 Å². The van der Waals surface area contributed by atoms with E-state index >= 15 is 0 Å². The van der Waals surface area contributed by atoms with Gasteiger partial charge in [0.05, 0.1) is 23.3 Å². The van der Waals surface area contributed by atoms with Gasteiger partial charge in [0.1, 0.15) is 5.75 Å². The van der Waals surface area contributed by atoms with Crippen LogP contribution >= 0.6 is 23.2 Å². The van der Waals surface area contributed by atoms with Crippen LogP contribution in [0.5, 0.6) is 5.75 Å². The summed E-state index contributed by atoms with van der Waals surface area (Å²) in [5, 5.41) is 3.73. The highest BCUT2D eigenvalue weighted by Gasteiger charge is 2.31. The number of benzene rings is 3. The fourth-order valence-corrected chi connectivity index (χ4v) is 6.33. The van der Waals surface area contributed by atoms with E-state index in [9.17, 15) is 14.4 Å². The fraction of sp³-hybridized carbons (Fsp3) is 0.324. The van der Waals surface area contributed by atoms with Crippen molar-refractivity contribution in [2.45, 2.75) is 25.2 Å². The molecular weight excluding hydrogens is 599 g/mol. The van der Waals surface area contributed by atoms with E-state index in [1.807, 2.05) is 23.1 Å². The van der Waals surface area contributed by atoms with Crippen LogP contribution < -0.4 is 15.0 Å². The van der Waals surface area contributed by atoms with Crippen LogP contribution in [-0.2, 0) is 4.79 Å². The Kier molecular flexibility index (Phi) is 10.3. The van der Waals surface area contributed by atoms with Gasteiger partial charge in [0.15, 0.2) is 0 Å². The number of hydrogen-bond acceptors (Lipinski definition) is 5. The summed E-state index contributed by atoms with van der Waals surface area (Å²) in [6.07, 6.45) is 3.72. The monoisotopic (exact) mass is 634 g/mol. The zero-order valence-corrected chi connectivity index (χ0v) is 26.2. The van der Waals surface area contributed by atoms with Crippen molar-refractivity contribution in [1.29, 1.82) is 0 Å². The molecule has 8 nitrogen and oxygen atoms in total. The molecular formula is C34H36Cl2N4O4. The first-order valence-electron chi connectivity index (χ1n) is 14.7. The lowest BCUT2D eigenvalue weighted by molar-refractivity contribution is -0.133. The number of amides is 3. The first-order chi connectivity index (χ1) is 21.3. The standard InChI is InChI=1S/C34H36Cl2N4O4/c1-3-14-38-16-18-39(19-17-38)32(41)20-23-7-6-15-40(30-13-10-24(35)21-28(23)30)34(43)27-12-11-25(22-31(27)44-2)37-33(42)26-8-4-5-9-29(26)36/h3-5,8-13,21-23H,1,6-7,14-20H2,2H3,(H,37,42). The molecule has 0 radical (unpaired) electrons. The summed E-state index contributed by atoms with van der Waals surface area (Å²) in [6.45, 7) is 8.17. The second-order valence-electron chi connectivity index (χ2n) is 11.0. The number of piperazine rings is 1. The molecule has 1 saturated heterocycles. The smallest absolute Gasteiger partial charge is 0.262 e. The number of hydrogen-bond donors (Lipinski definition) is 1. The number of nitrogens with zero attached hydrogens (tertiary/aromatic N) is 3. The van der Waals surface area contributed by atoms with Crippen molar-refractivity contribution in [3.63, 3.8) is 0 Å². The van der Waals surface area contributed by atoms with E-state index in [1.54, 1.807) is 53.4 Å². The summed E-state index contributed by atoms with van der Waals surface area (Å²) in [5.74, 6) is -0.220. The molecule has 0 spiro atoms. The molecule has 1 atom stereocenters. The molecule has 230 valence electrons. The number of fused-ring (bicyclic) bond motifs is 1. The largest absolute Gasteiger partial charge is 0.496 e. The van der Waals surface area contributed by atoms with E-state index in [0.717, 1.165) is 43.7 Å². The van der Waals surface area contributed by atoms with Crippen LogP contribution in [0.15, 0.2) is 73.3 Å². The Hall–Kier alpha value is -3.85. The summed E-state index contributed by atoms with van der Waals surface area (Å²) in [7, 11) is 1.49. The third-order valence-corrected chi connectivity index (χ3v) is 8.81. The SMILES string of the molecule is C=CCN1CCN(C(=O)CC2CCCN(C(=O)c3ccc(NC(=O)c4ccccc4Cl)cc3OC)c3ccc(Cl)cc32)CC1. The summed E-state index contributed by atoms with van der Waals surface area (Å²) < 4.78 is 5.61. The molecule has 10 heteroatoms. The highest BCUT2D eigenvalue weighted by atomic mass is 35.5. The quantitative estimate of drug-likeness (QED) is 0.286. The van der Waals surface area contributed by atoms with E-state index in [0.29, 0.717) is 58.7 Å². The zero-order chi connectivity index (χ0) is 31.2. The average molecular weight is 636 g/mol. The molecule has 1 N–H and O–H groups in total. The van der Waals surface area contributed by atoms with Crippen molar-refractivity contribution < 1.29 is 19.1 Å². The number of carbonyl (C=O) groups excluding carboxylic acids is 3. The molecule has 1 fully saturated rings. The number of ether oxygens (including phenoxy) is 1. The van der Waals surface area contributed by atoms with Gasteiger partial charge in [-0.05, 0) is 66.8 Å². The minimum absolute atomic E-state index is 0.0653. The summed E-state index contributed by atoms with van der Waals surface area (Å²) in [6, 6.07) is 17.2. The minimum atomic E-state index is -0.366. The maximum Gasteiger partial charge on any atom is 0.262 e. The number of anilines is 2. The molecule has 1 unspecified atom stereocenters. The van der Waals surface area contributed by atoms with Gasteiger partial charge in [-0.2, -0.15) is 0 Å². The minimum Gasteiger partial charge on any atom is -0.496 e. The lowest BCUT2D eigenvalue weighted by Gasteiger charge is -2.35. The van der Waals surface area contributed by atoms with Crippen LogP contribution in [-0.4, -0.2) is 73.9 Å². The maximum atomic E-state index is 14.1. The number of carbonyl (C=O) groups is 3. The predicted molar refractivity (Wildman–Crippen MR) is 175 cm³/mol. The molecule has 5 rings (SSSR count). The molecule has 3 amide bonds. The molecule has 0 saturated carbocycles. The predicted octanol–water partition coefficient (Wildman–Crippen LogP) is 6.50. The topological polar surface area (TPSA) is 82.2 Å². The lowest BCUT2D eigenvalue weighted by Crippen LogP contribution is -2.48. The number of halogens is 2. The van der Waals surface area contributed by atoms with E-state index in [4.69, 9.17) is 27.9 Å². The van der Waals surface area contributed by atoms with Crippen LogP contribution in [0.1, 0.15) is 51.5 Å². The van der Waals surface area contributed by atoms with E-state index in [-0.39, 0.29) is 23.6 Å². The summed E-state index contributed by atoms with van der Waals surface area (Å²) in [5.41, 5.74) is 2.80. The fourth-order valence-electron chi connectivity index (χ4n) is 5.93. The Balaban J connectivity index is 1.35. The van der Waals surface area contributed by atoms with Crippen LogP contribution in [0.25, 0.3) is 0 Å². The highest BCUT2D eigenvalue weighted by molar-refractivity contribution is 6.34. The Morgan fingerprint density at radius 2 is 1.75 bits per heavy atom. The van der Waals surface area contributed by atoms with E-state index in [1.165, 1.54) is 7.11 Å². The van der Waals surface area contributed by atoms with Crippen molar-refractivity contribution >= 4 is 52.3 Å². The number of methoxy groups -OCH3 is 1. The molecule has 2 aliphatic rings. The van der Waals surface area contributed by atoms with Crippen molar-refractivity contribution in [2.75, 3.05) is 56.6 Å². The molecule has 44 heavy (non-hydrogen) atoms. The third kappa shape index (κ3) is 7.09. The van der Waals surface area contributed by atoms with Gasteiger partial charge in [-0.3, -0.25) is 19.3 Å². The molecule has 0 bridgehead atoms. The van der Waals surface area contributed by atoms with Crippen molar-refractivity contribution in [3.05, 3.63) is 100 Å². The molecule has 2 heterocycles. The number of nitrogens with one attached hydrogen (secondary N) is 1. The first-order valence-corrected chi connectivity index (χ1v) is 15.5. The van der Waals surface area contributed by atoms with Crippen LogP contribution in [0.2, 0.25) is 10.0 Å². The molecule has 2 aliphatic heterocycles. The maximum absolute atomic E-state index is 14.1. The van der Waals surface area contributed by atoms with Gasteiger partial charge in [0.2, 0.25) is 5.91 Å². The van der Waals surface area contributed by atoms with E-state index in [2.05, 4.69) is 16.8 Å². The van der Waals surface area contributed by atoms with Crippen molar-refractivity contribution in [1.82, 2.24) is 9.80 Å². The van der Waals surface area contributed by atoms with Gasteiger partial charge in [-0.15, -0.1) is 6.58 Å². The van der Waals surface area contributed by atoms with Gasteiger partial charge in [0, 0.05) is 68.2 Å². The molecule has 3 aromatic rings. The summed E-state index contributed by atoms with van der Waals surface area (Å²) >= 11 is 12.6. The van der Waals surface area contributed by atoms with Crippen molar-refractivity contribution in [2.24, 2.45) is 0 Å². The molecule has 0 aliphatic carbocycles. The Labute approximate surface area is 268 Å². The van der Waals surface area contributed by atoms with Gasteiger partial charge in [0.25, 0.3) is 11.8 Å². The zero-order valence-electron chi connectivity index (χ0n) is 24.7. The van der Waals surface area contributed by atoms with Crippen LogP contribution in [0, 0.1) is 0 Å². The third-order valence-electron chi connectivity index (χ3n) is 8.24. The average Bonchev–Trinajstić information content (AvgIpc) is 3.20. The van der Waals surface area contributed by atoms with Gasteiger partial charge < -0.3 is 19.9 Å². The number of rotatable bonds is 8. The van der Waals surface area contributed by atoms with E-state index < -0.39 is 0 Å². The second kappa shape index (κ2) is 14.3. The van der Waals surface area contributed by atoms with Gasteiger partial charge >= 0.3 is 0 Å². The Morgan fingerprint density at radius 3 is 2.48 bits per heavy atom. The Bertz CT molecular complexity index is 1550. The van der Waals surface area contributed by atoms with Gasteiger partial charge in [-0.25, -0.2) is 0 Å². The van der Waals surface area contributed by atoms with Crippen LogP contribution in [0.4, 0.5) is 11.4 Å². The highest BCUT2D eigenvalue weighted by Crippen LogP contribution is 2.40. The van der Waals surface area contributed by atoms with Crippen LogP contribution in [0.3, 0.4) is 0 Å². The first kappa shape index (κ1) is 31.6. The normalized spacial score (nSPS) is 16.9.